The number of carbonyl (C=O) groups is 1. The number of amides is 1. The molecule has 1 aromatic heterocycles. The summed E-state index contributed by atoms with van der Waals surface area (Å²) in [5.41, 5.74) is 0. The Morgan fingerprint density at radius 2 is 1.94 bits per heavy atom. The number of carbonyl (C=O) groups excluding carboxylic acids is 1. The summed E-state index contributed by atoms with van der Waals surface area (Å²) in [5, 5.41) is 5.00. The van der Waals surface area contributed by atoms with Crippen LogP contribution in [-0.4, -0.2) is 32.3 Å². The Balaban J connectivity index is 2.77. The van der Waals surface area contributed by atoms with E-state index in [1.54, 1.807) is 11.0 Å². The van der Waals surface area contributed by atoms with E-state index in [1.807, 2.05) is 13.8 Å². The molecule has 0 atom stereocenters. The lowest BCUT2D eigenvalue weighted by atomic mass is 10.3. The largest absolute Gasteiger partial charge is 0.343 e. The number of thiophene rings is 1. The van der Waals surface area contributed by atoms with Gasteiger partial charge in [0.1, 0.15) is 4.21 Å². The van der Waals surface area contributed by atoms with E-state index in [1.165, 1.54) is 6.07 Å². The molecule has 0 aliphatic heterocycles. The molecule has 2 N–H and O–H groups in total. The van der Waals surface area contributed by atoms with Crippen molar-refractivity contribution in [1.29, 1.82) is 0 Å². The van der Waals surface area contributed by atoms with Gasteiger partial charge in [-0.05, 0) is 26.0 Å². The summed E-state index contributed by atoms with van der Waals surface area (Å²) in [6, 6.07) is 3.07. The van der Waals surface area contributed by atoms with Gasteiger partial charge < -0.3 is 4.90 Å². The Morgan fingerprint density at radius 1 is 1.35 bits per heavy atom. The molecule has 17 heavy (non-hydrogen) atoms. The topological polar surface area (TPSA) is 80.5 Å². The maximum absolute atomic E-state index is 11.8. The van der Waals surface area contributed by atoms with Gasteiger partial charge in [-0.15, -0.1) is 11.3 Å². The van der Waals surface area contributed by atoms with E-state index in [0.717, 1.165) is 11.3 Å². The molecule has 0 aromatic carbocycles. The predicted molar refractivity (Wildman–Crippen MR) is 67.3 cm³/mol. The van der Waals surface area contributed by atoms with Gasteiger partial charge in [0.05, 0.1) is 6.42 Å². The second-order valence-electron chi connectivity index (χ2n) is 3.51. The normalized spacial score (nSPS) is 11.5. The molecule has 7 heteroatoms. The Hall–Kier alpha value is -0.920. The average molecular weight is 276 g/mol. The zero-order valence-corrected chi connectivity index (χ0v) is 11.5. The SMILES string of the molecule is CCN(CC)C(=O)Cc1ccc(S(N)(=O)=O)s1. The van der Waals surface area contributed by atoms with E-state index in [9.17, 15) is 13.2 Å². The van der Waals surface area contributed by atoms with Crippen molar-refractivity contribution in [2.24, 2.45) is 5.14 Å². The first-order valence-electron chi connectivity index (χ1n) is 5.27. The molecule has 1 aromatic rings. The van der Waals surface area contributed by atoms with Crippen LogP contribution in [0.25, 0.3) is 0 Å². The highest BCUT2D eigenvalue weighted by atomic mass is 32.2. The van der Waals surface area contributed by atoms with Crippen molar-refractivity contribution in [3.63, 3.8) is 0 Å². The van der Waals surface area contributed by atoms with Crippen LogP contribution < -0.4 is 5.14 Å². The van der Waals surface area contributed by atoms with E-state index >= 15 is 0 Å². The van der Waals surface area contributed by atoms with Gasteiger partial charge in [-0.25, -0.2) is 13.6 Å². The van der Waals surface area contributed by atoms with Crippen molar-refractivity contribution >= 4 is 27.3 Å². The molecule has 0 bridgehead atoms. The van der Waals surface area contributed by atoms with Crippen LogP contribution in [0.3, 0.4) is 0 Å². The lowest BCUT2D eigenvalue weighted by molar-refractivity contribution is -0.130. The summed E-state index contributed by atoms with van der Waals surface area (Å²) in [6.45, 7) is 5.13. The predicted octanol–water partition coefficient (Wildman–Crippen LogP) is 0.806. The molecule has 5 nitrogen and oxygen atoms in total. The van der Waals surface area contributed by atoms with Crippen molar-refractivity contribution < 1.29 is 13.2 Å². The summed E-state index contributed by atoms with van der Waals surface area (Å²) in [6.07, 6.45) is 0.224. The zero-order chi connectivity index (χ0) is 13.1. The third-order valence-corrected chi connectivity index (χ3v) is 4.88. The third-order valence-electron chi connectivity index (χ3n) is 2.36. The van der Waals surface area contributed by atoms with E-state index in [2.05, 4.69) is 0 Å². The number of rotatable bonds is 5. The number of hydrogen-bond donors (Lipinski definition) is 1. The Morgan fingerprint density at radius 3 is 2.35 bits per heavy atom. The minimum absolute atomic E-state index is 0.00202. The second-order valence-corrected chi connectivity index (χ2v) is 6.47. The van der Waals surface area contributed by atoms with Crippen molar-refractivity contribution in [1.82, 2.24) is 4.90 Å². The summed E-state index contributed by atoms with van der Waals surface area (Å²) in [4.78, 5) is 14.2. The molecule has 1 amide bonds. The van der Waals surface area contributed by atoms with Crippen molar-refractivity contribution in [3.8, 4) is 0 Å². The van der Waals surface area contributed by atoms with Crippen LogP contribution in [0.4, 0.5) is 0 Å². The zero-order valence-electron chi connectivity index (χ0n) is 9.84. The van der Waals surface area contributed by atoms with Gasteiger partial charge in [-0.3, -0.25) is 4.79 Å². The molecule has 0 saturated heterocycles. The van der Waals surface area contributed by atoms with Gasteiger partial charge in [0.2, 0.25) is 15.9 Å². The van der Waals surface area contributed by atoms with Crippen LogP contribution in [0, 0.1) is 0 Å². The van der Waals surface area contributed by atoms with Gasteiger partial charge in [-0.2, -0.15) is 0 Å². The Labute approximate surface area is 105 Å². The number of hydrogen-bond acceptors (Lipinski definition) is 4. The summed E-state index contributed by atoms with van der Waals surface area (Å²) in [7, 11) is -3.66. The number of sulfonamides is 1. The minimum Gasteiger partial charge on any atom is -0.343 e. The molecule has 0 spiro atoms. The van der Waals surface area contributed by atoms with E-state index in [-0.39, 0.29) is 16.5 Å². The van der Waals surface area contributed by atoms with Gasteiger partial charge >= 0.3 is 0 Å². The van der Waals surface area contributed by atoms with E-state index < -0.39 is 10.0 Å². The average Bonchev–Trinajstić information content (AvgIpc) is 2.67. The number of primary sulfonamides is 1. The molecule has 1 heterocycles. The first-order valence-corrected chi connectivity index (χ1v) is 7.64. The smallest absolute Gasteiger partial charge is 0.247 e. The van der Waals surface area contributed by atoms with Crippen LogP contribution in [0.2, 0.25) is 0 Å². The number of nitrogens with two attached hydrogens (primary N) is 1. The second kappa shape index (κ2) is 5.61. The summed E-state index contributed by atoms with van der Waals surface area (Å²) < 4.78 is 22.2. The minimum atomic E-state index is -3.66. The fraction of sp³-hybridized carbons (Fsp3) is 0.500. The molecule has 0 saturated carbocycles. The first kappa shape index (κ1) is 14.1. The van der Waals surface area contributed by atoms with Crippen molar-refractivity contribution in [2.75, 3.05) is 13.1 Å². The van der Waals surface area contributed by atoms with Crippen LogP contribution in [0.1, 0.15) is 18.7 Å². The number of nitrogens with zero attached hydrogens (tertiary/aromatic N) is 1. The third kappa shape index (κ3) is 3.79. The highest BCUT2D eigenvalue weighted by molar-refractivity contribution is 7.91. The molecule has 1 rings (SSSR count). The molecule has 0 unspecified atom stereocenters. The standard InChI is InChI=1S/C10H16N2O3S2/c1-3-12(4-2)9(13)7-8-5-6-10(16-8)17(11,14)15/h5-6H,3-4,7H2,1-2H3,(H2,11,14,15). The summed E-state index contributed by atoms with van der Waals surface area (Å²) in [5.74, 6) is -0.00202. The van der Waals surface area contributed by atoms with E-state index in [4.69, 9.17) is 5.14 Å². The van der Waals surface area contributed by atoms with Crippen LogP contribution in [-0.2, 0) is 21.2 Å². The van der Waals surface area contributed by atoms with Gasteiger partial charge in [0.25, 0.3) is 0 Å². The highest BCUT2D eigenvalue weighted by Crippen LogP contribution is 2.21. The van der Waals surface area contributed by atoms with Gasteiger partial charge in [-0.1, -0.05) is 0 Å². The van der Waals surface area contributed by atoms with Gasteiger partial charge in [0.15, 0.2) is 0 Å². The maximum atomic E-state index is 11.8. The summed E-state index contributed by atoms with van der Waals surface area (Å²) >= 11 is 1.05. The molecular formula is C10H16N2O3S2. The van der Waals surface area contributed by atoms with Crippen molar-refractivity contribution in [2.45, 2.75) is 24.5 Å². The fourth-order valence-electron chi connectivity index (χ4n) is 1.44. The van der Waals surface area contributed by atoms with E-state index in [0.29, 0.717) is 18.0 Å². The van der Waals surface area contributed by atoms with Crippen LogP contribution >= 0.6 is 11.3 Å². The monoisotopic (exact) mass is 276 g/mol. The molecule has 0 aliphatic rings. The molecule has 0 radical (unpaired) electrons. The Bertz CT molecular complexity index is 489. The van der Waals surface area contributed by atoms with Crippen LogP contribution in [0.15, 0.2) is 16.3 Å². The number of likely N-dealkylation sites (N-methyl/N-ethyl adjacent to an activating group) is 1. The fourth-order valence-corrected chi connectivity index (χ4v) is 3.21. The molecule has 0 aliphatic carbocycles. The van der Waals surface area contributed by atoms with Crippen molar-refractivity contribution in [3.05, 3.63) is 17.0 Å². The lowest BCUT2D eigenvalue weighted by Crippen LogP contribution is -2.31. The highest BCUT2D eigenvalue weighted by Gasteiger charge is 2.15. The molecule has 96 valence electrons. The van der Waals surface area contributed by atoms with Gasteiger partial charge in [0, 0.05) is 18.0 Å². The first-order chi connectivity index (χ1) is 7.88. The quantitative estimate of drug-likeness (QED) is 0.864. The molecule has 0 fully saturated rings. The maximum Gasteiger partial charge on any atom is 0.247 e. The molecular weight excluding hydrogens is 260 g/mol. The lowest BCUT2D eigenvalue weighted by Gasteiger charge is -2.17. The van der Waals surface area contributed by atoms with Crippen LogP contribution in [0.5, 0.6) is 0 Å². The Kier molecular flexibility index (Phi) is 4.67.